The fourth-order valence-electron chi connectivity index (χ4n) is 4.23. The van der Waals surface area contributed by atoms with Crippen LogP contribution in [0.5, 0.6) is 11.5 Å². The first kappa shape index (κ1) is 36.3. The summed E-state index contributed by atoms with van der Waals surface area (Å²) in [6.07, 6.45) is -1.18. The van der Waals surface area contributed by atoms with Gasteiger partial charge in [-0.3, -0.25) is 4.79 Å². The van der Waals surface area contributed by atoms with E-state index >= 15 is 0 Å². The minimum Gasteiger partial charge on any atom is -0.508 e. The van der Waals surface area contributed by atoms with E-state index in [1.165, 1.54) is 18.2 Å². The van der Waals surface area contributed by atoms with E-state index in [0.29, 0.717) is 46.3 Å². The van der Waals surface area contributed by atoms with Crippen molar-refractivity contribution in [1.29, 1.82) is 0 Å². The summed E-state index contributed by atoms with van der Waals surface area (Å²) in [5.74, 6) is 0.659. The Morgan fingerprint density at radius 1 is 1.02 bits per heavy atom. The molecule has 5 N–H and O–H groups in total. The smallest absolute Gasteiger partial charge is 0.429 e. The van der Waals surface area contributed by atoms with Crippen molar-refractivity contribution in [3.8, 4) is 11.5 Å². The van der Waals surface area contributed by atoms with Crippen LogP contribution in [-0.2, 0) is 48.8 Å². The topological polar surface area (TPSA) is 187 Å². The molecule has 13 nitrogen and oxygen atoms in total. The molecule has 3 aromatic carbocycles. The van der Waals surface area contributed by atoms with Gasteiger partial charge in [0.1, 0.15) is 30.3 Å². The van der Waals surface area contributed by atoms with Gasteiger partial charge in [0.2, 0.25) is 0 Å². The first-order valence-corrected chi connectivity index (χ1v) is 16.0. The number of phenols is 1. The fourth-order valence-corrected chi connectivity index (χ4v) is 4.89. The number of phenolic OH excluding ortho intramolecular Hbond substituents is 1. The summed E-state index contributed by atoms with van der Waals surface area (Å²) in [7, 11) is -4.43. The molecule has 0 heterocycles. The number of rotatable bonds is 17. The maximum absolute atomic E-state index is 12.5. The monoisotopic (exact) mass is 659 g/mol. The second-order valence-electron chi connectivity index (χ2n) is 11.3. The predicted octanol–water partition coefficient (Wildman–Crippen LogP) is 3.47. The molecule has 0 saturated carbocycles. The fraction of sp³-hybridized carbons (Fsp3) is 0.375. The van der Waals surface area contributed by atoms with Crippen LogP contribution < -0.4 is 19.5 Å². The Labute approximate surface area is 269 Å². The number of carbonyl (C=O) groups excluding carboxylic acids is 2. The number of aliphatic hydroxyl groups is 1. The molecule has 0 unspecified atom stereocenters. The Bertz CT molecular complexity index is 1540. The van der Waals surface area contributed by atoms with Gasteiger partial charge < -0.3 is 34.5 Å². The van der Waals surface area contributed by atoms with Crippen molar-refractivity contribution in [2.45, 2.75) is 52.1 Å². The maximum atomic E-state index is 12.5. The quantitative estimate of drug-likeness (QED) is 0.123. The van der Waals surface area contributed by atoms with Crippen molar-refractivity contribution < 1.29 is 47.2 Å². The summed E-state index contributed by atoms with van der Waals surface area (Å²) >= 11 is 0. The average Bonchev–Trinajstić information content (AvgIpc) is 2.98. The Balaban J connectivity index is 1.39. The number of anilines is 1. The number of hydrogen-bond donors (Lipinski definition) is 4. The van der Waals surface area contributed by atoms with Crippen LogP contribution in [0.25, 0.3) is 0 Å². The summed E-state index contributed by atoms with van der Waals surface area (Å²) in [6, 6.07) is 18.5. The molecular formula is C32H41N3O10S. The lowest BCUT2D eigenvalue weighted by molar-refractivity contribution is -0.129. The van der Waals surface area contributed by atoms with Crippen molar-refractivity contribution >= 4 is 28.5 Å². The highest BCUT2D eigenvalue weighted by Gasteiger charge is 2.31. The van der Waals surface area contributed by atoms with Crippen molar-refractivity contribution in [3.05, 3.63) is 89.0 Å². The van der Waals surface area contributed by atoms with E-state index in [1.807, 2.05) is 24.3 Å². The van der Waals surface area contributed by atoms with Crippen molar-refractivity contribution in [2.75, 3.05) is 30.6 Å². The van der Waals surface area contributed by atoms with Gasteiger partial charge in [0.25, 0.3) is 6.47 Å². The zero-order chi connectivity index (χ0) is 33.7. The lowest BCUT2D eigenvalue weighted by Gasteiger charge is -2.25. The Morgan fingerprint density at radius 2 is 1.76 bits per heavy atom. The molecule has 1 amide bonds. The molecule has 3 rings (SSSR count). The van der Waals surface area contributed by atoms with Gasteiger partial charge in [-0.2, -0.15) is 12.7 Å². The molecular weight excluding hydrogens is 618 g/mol. The van der Waals surface area contributed by atoms with Crippen molar-refractivity contribution in [3.63, 3.8) is 0 Å². The van der Waals surface area contributed by atoms with Crippen LogP contribution in [0.3, 0.4) is 0 Å². The first-order valence-electron chi connectivity index (χ1n) is 14.5. The largest absolute Gasteiger partial charge is 0.508 e. The molecule has 46 heavy (non-hydrogen) atoms. The number of amides is 1. The number of carbonyl (C=O) groups is 2. The van der Waals surface area contributed by atoms with Gasteiger partial charge in [-0.25, -0.2) is 9.93 Å². The molecule has 0 aliphatic carbocycles. The zero-order valence-corrected chi connectivity index (χ0v) is 26.9. The predicted molar refractivity (Wildman–Crippen MR) is 170 cm³/mol. The maximum Gasteiger partial charge on any atom is 0.429 e. The van der Waals surface area contributed by atoms with E-state index in [0.717, 1.165) is 12.0 Å². The number of aromatic hydroxyl groups is 1. The van der Waals surface area contributed by atoms with E-state index in [9.17, 15) is 28.2 Å². The molecule has 0 aliphatic heterocycles. The highest BCUT2D eigenvalue weighted by molar-refractivity contribution is 7.91. The number of benzene rings is 3. The lowest BCUT2D eigenvalue weighted by Crippen LogP contribution is -2.44. The minimum absolute atomic E-state index is 0.00851. The third-order valence-electron chi connectivity index (χ3n) is 6.37. The molecule has 0 bridgehead atoms. The number of ether oxygens (including phenoxy) is 4. The molecule has 0 aliphatic rings. The van der Waals surface area contributed by atoms with Gasteiger partial charge in [0.05, 0.1) is 25.0 Å². The molecule has 0 aromatic heterocycles. The molecule has 3 aromatic rings. The molecule has 0 radical (unpaired) electrons. The number of nitrogens with two attached hydrogens (primary N) is 1. The highest BCUT2D eigenvalue weighted by atomic mass is 32.2. The third-order valence-corrected chi connectivity index (χ3v) is 7.24. The first-order chi connectivity index (χ1) is 21.8. The van der Waals surface area contributed by atoms with Crippen LogP contribution in [0.2, 0.25) is 0 Å². The van der Waals surface area contributed by atoms with Gasteiger partial charge in [0.15, 0.2) is 0 Å². The normalized spacial score (nSPS) is 12.3. The molecule has 0 spiro atoms. The highest BCUT2D eigenvalue weighted by Crippen LogP contribution is 2.24. The second-order valence-corrected chi connectivity index (χ2v) is 12.7. The van der Waals surface area contributed by atoms with Crippen LogP contribution in [0.4, 0.5) is 10.5 Å². The summed E-state index contributed by atoms with van der Waals surface area (Å²) in [4.78, 5) is 22.9. The number of nitrogens with one attached hydrogen (secondary N) is 1. The van der Waals surface area contributed by atoms with Crippen LogP contribution in [0, 0.1) is 0 Å². The lowest BCUT2D eigenvalue weighted by atomic mass is 10.1. The number of aliphatic hydroxyl groups excluding tert-OH is 1. The molecule has 1 atom stereocenters. The standard InChI is InChI=1S/C32H41N3O10S/c1-32(2,3)45-31(39)35(46(33,40)41)27-6-4-5-24(17-27)20-42-15-16-44-28-10-7-23(8-11-28)13-14-34-19-30(38)25-9-12-29(37)26(18-25)21-43-22-36/h4-12,17-18,22,30,34,37-38H,13-16,19-21H2,1-3H3,(H2,33,40,41)/t30-/m0/s1. The van der Waals surface area contributed by atoms with E-state index < -0.39 is 28.0 Å². The van der Waals surface area contributed by atoms with Gasteiger partial charge in [0, 0.05) is 12.1 Å². The minimum atomic E-state index is -4.43. The van der Waals surface area contributed by atoms with Crippen LogP contribution in [0.15, 0.2) is 66.7 Å². The van der Waals surface area contributed by atoms with Gasteiger partial charge >= 0.3 is 16.3 Å². The SMILES string of the molecule is CC(C)(C)OC(=O)N(c1cccc(COCCOc2ccc(CCNC[C@H](O)c3ccc(O)c(COC=O)c3)cc2)c1)S(N)(=O)=O. The third kappa shape index (κ3) is 11.9. The van der Waals surface area contributed by atoms with Gasteiger partial charge in [-0.15, -0.1) is 0 Å². The molecule has 0 saturated heterocycles. The summed E-state index contributed by atoms with van der Waals surface area (Å²) in [5.41, 5.74) is 1.83. The number of hydrogen-bond acceptors (Lipinski definition) is 11. The van der Waals surface area contributed by atoms with Crippen LogP contribution in [0.1, 0.15) is 49.1 Å². The molecule has 14 heteroatoms. The second kappa shape index (κ2) is 16.9. The van der Waals surface area contributed by atoms with Crippen LogP contribution >= 0.6 is 0 Å². The molecule has 250 valence electrons. The van der Waals surface area contributed by atoms with E-state index in [2.05, 4.69) is 5.32 Å². The Hall–Kier alpha value is -4.21. The van der Waals surface area contributed by atoms with Crippen LogP contribution in [-0.4, -0.2) is 63.1 Å². The summed E-state index contributed by atoms with van der Waals surface area (Å²) < 4.78 is 46.0. The summed E-state index contributed by atoms with van der Waals surface area (Å²) in [6.45, 7) is 6.69. The van der Waals surface area contributed by atoms with E-state index in [-0.39, 0.29) is 37.9 Å². The average molecular weight is 660 g/mol. The Kier molecular flexibility index (Phi) is 13.3. The van der Waals surface area contributed by atoms with Crippen molar-refractivity contribution in [1.82, 2.24) is 5.32 Å². The number of nitrogens with zero attached hydrogens (tertiary/aromatic N) is 1. The Morgan fingerprint density at radius 3 is 2.43 bits per heavy atom. The zero-order valence-electron chi connectivity index (χ0n) is 26.0. The van der Waals surface area contributed by atoms with E-state index in [4.69, 9.17) is 24.1 Å². The molecule has 0 fully saturated rings. The summed E-state index contributed by atoms with van der Waals surface area (Å²) in [5, 5.41) is 28.8. The van der Waals surface area contributed by atoms with E-state index in [1.54, 1.807) is 45.0 Å². The van der Waals surface area contributed by atoms with Gasteiger partial charge in [-0.05, 0) is 86.8 Å². The van der Waals surface area contributed by atoms with Crippen molar-refractivity contribution in [2.24, 2.45) is 5.14 Å². The van der Waals surface area contributed by atoms with Gasteiger partial charge in [-0.1, -0.05) is 30.3 Å².